The molecule has 4 N–H and O–H groups in total. The van der Waals surface area contributed by atoms with Crippen molar-refractivity contribution >= 4 is 35.2 Å². The molecular weight excluding hydrogens is 336 g/mol. The number of rotatable bonds is 5. The van der Waals surface area contributed by atoms with E-state index in [-0.39, 0.29) is 24.4 Å². The molecule has 2 aromatic rings. The monoisotopic (exact) mass is 354 g/mol. The molecule has 0 spiro atoms. The van der Waals surface area contributed by atoms with Crippen molar-refractivity contribution in [1.82, 2.24) is 4.98 Å². The van der Waals surface area contributed by atoms with Gasteiger partial charge in [-0.2, -0.15) is 0 Å². The summed E-state index contributed by atoms with van der Waals surface area (Å²) in [7, 11) is 0. The first-order valence-corrected chi connectivity index (χ1v) is 8.09. The Morgan fingerprint density at radius 1 is 1.19 bits per heavy atom. The summed E-state index contributed by atoms with van der Waals surface area (Å²) in [5.41, 5.74) is 4.33. The van der Waals surface area contributed by atoms with Gasteiger partial charge in [0.25, 0.3) is 5.91 Å². The largest absolute Gasteiger partial charge is 0.481 e. The summed E-state index contributed by atoms with van der Waals surface area (Å²) >= 11 is 0. The van der Waals surface area contributed by atoms with Crippen molar-refractivity contribution in [1.29, 1.82) is 0 Å². The van der Waals surface area contributed by atoms with E-state index in [1.807, 2.05) is 19.1 Å². The number of hydrogen-bond donors (Lipinski definition) is 4. The second kappa shape index (κ2) is 6.51. The van der Waals surface area contributed by atoms with Gasteiger partial charge in [0.15, 0.2) is 0 Å². The van der Waals surface area contributed by atoms with Gasteiger partial charge in [-0.15, -0.1) is 0 Å². The molecule has 26 heavy (non-hydrogen) atoms. The van der Waals surface area contributed by atoms with E-state index in [2.05, 4.69) is 10.3 Å². The quantitative estimate of drug-likeness (QED) is 0.616. The van der Waals surface area contributed by atoms with Crippen molar-refractivity contribution in [3.05, 3.63) is 51.8 Å². The number of aryl methyl sites for hydroxylation is 1. The number of aromatic carboxylic acids is 1. The van der Waals surface area contributed by atoms with Gasteiger partial charge in [0.2, 0.25) is 0 Å². The summed E-state index contributed by atoms with van der Waals surface area (Å²) in [6.07, 6.45) is 1.65. The SMILES string of the molecule is Cc1cccc2c1/C(=C/c1[nH]c(C(=O)O)c(C)c1CCC(=O)O)C(=O)N2. The Kier molecular flexibility index (Phi) is 4.38. The van der Waals surface area contributed by atoms with Crippen LogP contribution in [0.3, 0.4) is 0 Å². The topological polar surface area (TPSA) is 119 Å². The molecule has 1 aliphatic rings. The van der Waals surface area contributed by atoms with Crippen molar-refractivity contribution in [3.8, 4) is 0 Å². The average Bonchev–Trinajstić information content (AvgIpc) is 3.04. The third-order valence-electron chi connectivity index (χ3n) is 4.54. The number of aromatic nitrogens is 1. The molecule has 0 atom stereocenters. The smallest absolute Gasteiger partial charge is 0.352 e. The summed E-state index contributed by atoms with van der Waals surface area (Å²) in [6.45, 7) is 3.52. The third-order valence-corrected chi connectivity index (χ3v) is 4.54. The predicted octanol–water partition coefficient (Wildman–Crippen LogP) is 2.84. The fourth-order valence-corrected chi connectivity index (χ4v) is 3.26. The predicted molar refractivity (Wildman–Crippen MR) is 96.1 cm³/mol. The van der Waals surface area contributed by atoms with Crippen LogP contribution in [0.25, 0.3) is 11.6 Å². The third kappa shape index (κ3) is 2.99. The highest BCUT2D eigenvalue weighted by Gasteiger charge is 2.27. The van der Waals surface area contributed by atoms with Crippen LogP contribution in [-0.4, -0.2) is 33.0 Å². The van der Waals surface area contributed by atoms with Crippen LogP contribution in [0.15, 0.2) is 18.2 Å². The number of benzene rings is 1. The Hall–Kier alpha value is -3.35. The highest BCUT2D eigenvalue weighted by molar-refractivity contribution is 6.35. The van der Waals surface area contributed by atoms with Gasteiger partial charge in [-0.25, -0.2) is 4.79 Å². The van der Waals surface area contributed by atoms with Crippen LogP contribution >= 0.6 is 0 Å². The van der Waals surface area contributed by atoms with E-state index in [1.165, 1.54) is 0 Å². The Morgan fingerprint density at radius 2 is 1.92 bits per heavy atom. The zero-order valence-electron chi connectivity index (χ0n) is 14.3. The molecular formula is C19H18N2O5. The summed E-state index contributed by atoms with van der Waals surface area (Å²) in [4.78, 5) is 37.6. The molecule has 7 nitrogen and oxygen atoms in total. The molecule has 1 aromatic heterocycles. The van der Waals surface area contributed by atoms with Crippen LogP contribution in [0.1, 0.15) is 44.9 Å². The molecule has 2 heterocycles. The number of hydrogen-bond acceptors (Lipinski definition) is 3. The van der Waals surface area contributed by atoms with Gasteiger partial charge < -0.3 is 20.5 Å². The number of anilines is 1. The molecule has 1 aliphatic heterocycles. The van der Waals surface area contributed by atoms with E-state index >= 15 is 0 Å². The van der Waals surface area contributed by atoms with Crippen LogP contribution in [0.2, 0.25) is 0 Å². The Labute approximate surface area is 149 Å². The lowest BCUT2D eigenvalue weighted by Gasteiger charge is -2.04. The minimum Gasteiger partial charge on any atom is -0.481 e. The van der Waals surface area contributed by atoms with E-state index in [0.717, 1.165) is 11.1 Å². The average molecular weight is 354 g/mol. The number of aliphatic carboxylic acids is 1. The lowest BCUT2D eigenvalue weighted by atomic mass is 9.98. The summed E-state index contributed by atoms with van der Waals surface area (Å²) < 4.78 is 0. The highest BCUT2D eigenvalue weighted by Crippen LogP contribution is 2.36. The van der Waals surface area contributed by atoms with Crippen LogP contribution < -0.4 is 5.32 Å². The van der Waals surface area contributed by atoms with Gasteiger partial charge in [-0.05, 0) is 49.1 Å². The summed E-state index contributed by atoms with van der Waals surface area (Å²) in [5.74, 6) is -2.38. The zero-order chi connectivity index (χ0) is 19.0. The normalized spacial score (nSPS) is 14.4. The first kappa shape index (κ1) is 17.5. The molecule has 0 bridgehead atoms. The number of carbonyl (C=O) groups excluding carboxylic acids is 1. The van der Waals surface area contributed by atoms with Crippen LogP contribution in [0.4, 0.5) is 5.69 Å². The lowest BCUT2D eigenvalue weighted by molar-refractivity contribution is -0.137. The fourth-order valence-electron chi connectivity index (χ4n) is 3.26. The van der Waals surface area contributed by atoms with Gasteiger partial charge in [0.05, 0.1) is 5.57 Å². The first-order valence-electron chi connectivity index (χ1n) is 8.09. The van der Waals surface area contributed by atoms with Crippen LogP contribution in [0, 0.1) is 13.8 Å². The fraction of sp³-hybridized carbons (Fsp3) is 0.211. The Morgan fingerprint density at radius 3 is 2.58 bits per heavy atom. The van der Waals surface area contributed by atoms with Crippen molar-refractivity contribution in [2.45, 2.75) is 26.7 Å². The van der Waals surface area contributed by atoms with E-state index in [1.54, 1.807) is 19.1 Å². The second-order valence-electron chi connectivity index (χ2n) is 6.23. The Bertz CT molecular complexity index is 969. The van der Waals surface area contributed by atoms with E-state index in [9.17, 15) is 19.5 Å². The van der Waals surface area contributed by atoms with Crippen molar-refractivity contribution in [2.24, 2.45) is 0 Å². The first-order chi connectivity index (χ1) is 12.3. The molecule has 0 saturated heterocycles. The van der Waals surface area contributed by atoms with Gasteiger partial charge >= 0.3 is 11.9 Å². The Balaban J connectivity index is 2.14. The number of H-pyrrole nitrogens is 1. The zero-order valence-corrected chi connectivity index (χ0v) is 14.3. The number of carboxylic acids is 2. The maximum atomic E-state index is 12.4. The molecule has 0 fully saturated rings. The molecule has 1 amide bonds. The highest BCUT2D eigenvalue weighted by atomic mass is 16.4. The van der Waals surface area contributed by atoms with Gasteiger partial charge in [-0.3, -0.25) is 9.59 Å². The molecule has 0 radical (unpaired) electrons. The minimum atomic E-state index is -1.13. The molecule has 3 rings (SSSR count). The number of fused-ring (bicyclic) bond motifs is 1. The molecule has 134 valence electrons. The van der Waals surface area contributed by atoms with Crippen molar-refractivity contribution < 1.29 is 24.6 Å². The maximum Gasteiger partial charge on any atom is 0.352 e. The number of carbonyl (C=O) groups is 3. The van der Waals surface area contributed by atoms with Gasteiger partial charge in [0, 0.05) is 23.4 Å². The van der Waals surface area contributed by atoms with E-state index < -0.39 is 11.9 Å². The van der Waals surface area contributed by atoms with Crippen molar-refractivity contribution in [3.63, 3.8) is 0 Å². The van der Waals surface area contributed by atoms with E-state index in [4.69, 9.17) is 5.11 Å². The number of nitrogens with one attached hydrogen (secondary N) is 2. The standard InChI is InChI=1S/C19H18N2O5/c1-9-4-3-5-13-16(9)12(18(24)21-13)8-14-11(6-7-15(22)23)10(2)17(20-14)19(25)26/h3-5,8,20H,6-7H2,1-2H3,(H,21,24)(H,22,23)(H,25,26)/b12-8-. The molecule has 0 unspecified atom stereocenters. The minimum absolute atomic E-state index is 0.000603. The molecule has 0 aliphatic carbocycles. The summed E-state index contributed by atoms with van der Waals surface area (Å²) in [6, 6.07) is 5.53. The summed E-state index contributed by atoms with van der Waals surface area (Å²) in [5, 5.41) is 21.1. The lowest BCUT2D eigenvalue weighted by Crippen LogP contribution is -2.04. The molecule has 0 saturated carbocycles. The van der Waals surface area contributed by atoms with Crippen molar-refractivity contribution in [2.75, 3.05) is 5.32 Å². The maximum absolute atomic E-state index is 12.4. The van der Waals surface area contributed by atoms with E-state index in [0.29, 0.717) is 28.1 Å². The molecule has 1 aromatic carbocycles. The molecule has 7 heteroatoms. The number of aromatic amines is 1. The van der Waals surface area contributed by atoms with Crippen LogP contribution in [-0.2, 0) is 16.0 Å². The van der Waals surface area contributed by atoms with Gasteiger partial charge in [0.1, 0.15) is 5.69 Å². The van der Waals surface area contributed by atoms with Crippen LogP contribution in [0.5, 0.6) is 0 Å². The van der Waals surface area contributed by atoms with Gasteiger partial charge in [-0.1, -0.05) is 12.1 Å². The number of carboxylic acid groups (broad SMARTS) is 2. The number of amides is 1. The second-order valence-corrected chi connectivity index (χ2v) is 6.23.